The number of hydrogen-bond donors (Lipinski definition) is 1. The van der Waals surface area contributed by atoms with E-state index in [0.717, 1.165) is 29.0 Å². The van der Waals surface area contributed by atoms with Gasteiger partial charge in [0.25, 0.3) is 0 Å². The van der Waals surface area contributed by atoms with Gasteiger partial charge in [-0.15, -0.1) is 0 Å². The predicted molar refractivity (Wildman–Crippen MR) is 89.8 cm³/mol. The highest BCUT2D eigenvalue weighted by Gasteiger charge is 2.41. The number of piperazine rings is 1. The molecule has 2 nitrogen and oxygen atoms in total. The van der Waals surface area contributed by atoms with E-state index in [1.54, 1.807) is 0 Å². The number of anilines is 1. The van der Waals surface area contributed by atoms with E-state index in [1.165, 1.54) is 31.4 Å². The summed E-state index contributed by atoms with van der Waals surface area (Å²) < 4.78 is 1.04. The van der Waals surface area contributed by atoms with Gasteiger partial charge in [-0.2, -0.15) is 0 Å². The lowest BCUT2D eigenvalue weighted by Gasteiger charge is -2.47. The van der Waals surface area contributed by atoms with Gasteiger partial charge in [0.15, 0.2) is 0 Å². The Bertz CT molecular complexity index is 485. The fraction of sp³-hybridized carbons (Fsp3) is 0.625. The zero-order valence-corrected chi connectivity index (χ0v) is 14.3. The first-order valence-corrected chi connectivity index (χ1v) is 8.78. The average Bonchev–Trinajstić information content (AvgIpc) is 2.90. The third-order valence-electron chi connectivity index (χ3n) is 4.90. The van der Waals surface area contributed by atoms with Crippen LogP contribution in [0.3, 0.4) is 0 Å². The van der Waals surface area contributed by atoms with Crippen LogP contribution in [0.4, 0.5) is 5.69 Å². The van der Waals surface area contributed by atoms with E-state index in [2.05, 4.69) is 45.2 Å². The fourth-order valence-corrected chi connectivity index (χ4v) is 4.36. The largest absolute Gasteiger partial charge is 0.364 e. The van der Waals surface area contributed by atoms with Gasteiger partial charge >= 0.3 is 0 Å². The summed E-state index contributed by atoms with van der Waals surface area (Å²) in [6, 6.07) is 6.74. The first kappa shape index (κ1) is 14.7. The Kier molecular flexibility index (Phi) is 4.30. The quantitative estimate of drug-likeness (QED) is 0.832. The Morgan fingerprint density at radius 2 is 2.15 bits per heavy atom. The van der Waals surface area contributed by atoms with Crippen LogP contribution in [0.25, 0.3) is 0 Å². The van der Waals surface area contributed by atoms with Gasteiger partial charge in [0.05, 0.1) is 15.2 Å². The summed E-state index contributed by atoms with van der Waals surface area (Å²) in [7, 11) is 0. The molecule has 1 saturated carbocycles. The van der Waals surface area contributed by atoms with Crippen molar-refractivity contribution in [1.82, 2.24) is 5.32 Å². The van der Waals surface area contributed by atoms with Gasteiger partial charge in [-0.05, 0) is 47.3 Å². The summed E-state index contributed by atoms with van der Waals surface area (Å²) >= 11 is 9.96. The van der Waals surface area contributed by atoms with E-state index in [1.807, 2.05) is 6.07 Å². The molecule has 1 saturated heterocycles. The summed E-state index contributed by atoms with van der Waals surface area (Å²) in [6.45, 7) is 4.45. The second-order valence-corrected chi connectivity index (χ2v) is 7.33. The van der Waals surface area contributed by atoms with E-state index < -0.39 is 0 Å². The van der Waals surface area contributed by atoms with Crippen molar-refractivity contribution in [3.8, 4) is 0 Å². The van der Waals surface area contributed by atoms with Crippen molar-refractivity contribution in [2.45, 2.75) is 50.6 Å². The van der Waals surface area contributed by atoms with Crippen LogP contribution in [0.15, 0.2) is 22.7 Å². The summed E-state index contributed by atoms with van der Waals surface area (Å²) in [5.74, 6) is 0. The molecule has 0 amide bonds. The summed E-state index contributed by atoms with van der Waals surface area (Å²) in [6.07, 6.45) is 6.47. The second-order valence-electron chi connectivity index (χ2n) is 6.13. The van der Waals surface area contributed by atoms with E-state index in [0.29, 0.717) is 11.6 Å². The highest BCUT2D eigenvalue weighted by molar-refractivity contribution is 9.10. The molecule has 110 valence electrons. The zero-order chi connectivity index (χ0) is 14.2. The number of halogens is 2. The molecule has 0 radical (unpaired) electrons. The molecule has 2 aliphatic rings. The van der Waals surface area contributed by atoms with Crippen LogP contribution < -0.4 is 10.2 Å². The maximum absolute atomic E-state index is 6.29. The molecule has 1 aromatic rings. The smallest absolute Gasteiger partial charge is 0.0595 e. The molecular weight excluding hydrogens is 336 g/mol. The van der Waals surface area contributed by atoms with Crippen molar-refractivity contribution in [1.29, 1.82) is 0 Å². The molecule has 0 aromatic heterocycles. The molecule has 1 heterocycles. The number of benzene rings is 1. The minimum atomic E-state index is 0.327. The first-order valence-electron chi connectivity index (χ1n) is 7.61. The topological polar surface area (TPSA) is 15.3 Å². The molecule has 1 atom stereocenters. The van der Waals surface area contributed by atoms with Gasteiger partial charge in [0.2, 0.25) is 0 Å². The normalized spacial score (nSPS) is 25.4. The first-order chi connectivity index (χ1) is 9.65. The minimum absolute atomic E-state index is 0.327. The fourth-order valence-electron chi connectivity index (χ4n) is 3.70. The molecule has 2 fully saturated rings. The molecule has 4 heteroatoms. The SMILES string of the molecule is CCC1CNC2(CCCC2)CN1c1cccc(Cl)c1Br. The van der Waals surface area contributed by atoms with E-state index >= 15 is 0 Å². The third kappa shape index (κ3) is 2.60. The number of rotatable bonds is 2. The van der Waals surface area contributed by atoms with Crippen molar-refractivity contribution in [3.63, 3.8) is 0 Å². The highest BCUT2D eigenvalue weighted by Crippen LogP contribution is 2.39. The zero-order valence-electron chi connectivity index (χ0n) is 12.0. The maximum Gasteiger partial charge on any atom is 0.0595 e. The van der Waals surface area contributed by atoms with Crippen LogP contribution in [-0.2, 0) is 0 Å². The molecule has 1 aromatic carbocycles. The van der Waals surface area contributed by atoms with Crippen LogP contribution >= 0.6 is 27.5 Å². The molecule has 1 aliphatic carbocycles. The lowest BCUT2D eigenvalue weighted by molar-refractivity contribution is 0.267. The summed E-state index contributed by atoms with van der Waals surface area (Å²) in [5.41, 5.74) is 1.57. The van der Waals surface area contributed by atoms with Crippen LogP contribution in [0.1, 0.15) is 39.0 Å². The van der Waals surface area contributed by atoms with Crippen LogP contribution in [0.2, 0.25) is 5.02 Å². The van der Waals surface area contributed by atoms with Crippen molar-refractivity contribution >= 4 is 33.2 Å². The Labute approximate surface area is 135 Å². The molecule has 20 heavy (non-hydrogen) atoms. The van der Waals surface area contributed by atoms with Gasteiger partial charge in [0.1, 0.15) is 0 Å². The Hall–Kier alpha value is -0.250. The van der Waals surface area contributed by atoms with Crippen molar-refractivity contribution < 1.29 is 0 Å². The lowest BCUT2D eigenvalue weighted by atomic mass is 9.91. The summed E-state index contributed by atoms with van der Waals surface area (Å²) in [4.78, 5) is 2.57. The Morgan fingerprint density at radius 3 is 2.85 bits per heavy atom. The third-order valence-corrected chi connectivity index (χ3v) is 6.28. The van der Waals surface area contributed by atoms with Gasteiger partial charge < -0.3 is 10.2 Å². The number of nitrogens with zero attached hydrogens (tertiary/aromatic N) is 1. The molecule has 3 rings (SSSR count). The maximum atomic E-state index is 6.29. The van der Waals surface area contributed by atoms with Gasteiger partial charge in [0, 0.05) is 24.7 Å². The molecule has 1 aliphatic heterocycles. The highest BCUT2D eigenvalue weighted by atomic mass is 79.9. The summed E-state index contributed by atoms with van der Waals surface area (Å²) in [5, 5.41) is 4.64. The monoisotopic (exact) mass is 356 g/mol. The van der Waals surface area contributed by atoms with Crippen molar-refractivity contribution in [3.05, 3.63) is 27.7 Å². The Morgan fingerprint density at radius 1 is 1.40 bits per heavy atom. The van der Waals surface area contributed by atoms with Crippen LogP contribution in [0, 0.1) is 0 Å². The molecule has 0 bridgehead atoms. The van der Waals surface area contributed by atoms with Crippen molar-refractivity contribution in [2.75, 3.05) is 18.0 Å². The van der Waals surface area contributed by atoms with Crippen molar-refractivity contribution in [2.24, 2.45) is 0 Å². The predicted octanol–water partition coefficient (Wildman–Crippen LogP) is 4.60. The minimum Gasteiger partial charge on any atom is -0.364 e. The molecule has 1 spiro atoms. The van der Waals surface area contributed by atoms with Gasteiger partial charge in [-0.3, -0.25) is 0 Å². The Balaban J connectivity index is 1.92. The van der Waals surface area contributed by atoms with E-state index in [4.69, 9.17) is 11.6 Å². The number of hydrogen-bond acceptors (Lipinski definition) is 2. The van der Waals surface area contributed by atoms with Gasteiger partial charge in [-0.1, -0.05) is 37.4 Å². The molecular formula is C16H22BrClN2. The van der Waals surface area contributed by atoms with Crippen LogP contribution in [0.5, 0.6) is 0 Å². The van der Waals surface area contributed by atoms with E-state index in [9.17, 15) is 0 Å². The standard InChI is InChI=1S/C16H22BrClN2/c1-2-12-10-19-16(8-3-4-9-16)11-20(12)14-7-5-6-13(18)15(14)17/h5-7,12,19H,2-4,8-11H2,1H3. The number of nitrogens with one attached hydrogen (secondary N) is 1. The molecule has 1 N–H and O–H groups in total. The van der Waals surface area contributed by atoms with Crippen LogP contribution in [-0.4, -0.2) is 24.7 Å². The average molecular weight is 358 g/mol. The van der Waals surface area contributed by atoms with Gasteiger partial charge in [-0.25, -0.2) is 0 Å². The molecule has 1 unspecified atom stereocenters. The lowest BCUT2D eigenvalue weighted by Crippen LogP contribution is -2.63. The van der Waals surface area contributed by atoms with E-state index in [-0.39, 0.29) is 0 Å². The second kappa shape index (κ2) is 5.86.